The Morgan fingerprint density at radius 2 is 2.14 bits per heavy atom. The van der Waals surface area contributed by atoms with E-state index in [2.05, 4.69) is 34.6 Å². The highest BCUT2D eigenvalue weighted by molar-refractivity contribution is 7.99. The molecule has 0 saturated heterocycles. The average Bonchev–Trinajstić information content (AvgIpc) is 2.90. The molecule has 1 unspecified atom stereocenters. The normalized spacial score (nSPS) is 12.3. The van der Waals surface area contributed by atoms with Crippen molar-refractivity contribution in [1.29, 1.82) is 0 Å². The van der Waals surface area contributed by atoms with E-state index >= 15 is 0 Å². The molecule has 2 rings (SSSR count). The standard InChI is InChI=1S/C15H22N4OS/c1-4-16-13(10-21-15-18-17-11-19(15)3)12-8-6-7-9-14(12)20-5-2/h6-9,11,13,16H,4-5,10H2,1-3H3. The first-order chi connectivity index (χ1) is 10.3. The van der Waals surface area contributed by atoms with Crippen LogP contribution < -0.4 is 10.1 Å². The smallest absolute Gasteiger partial charge is 0.190 e. The molecule has 0 spiro atoms. The summed E-state index contributed by atoms with van der Waals surface area (Å²) >= 11 is 1.69. The van der Waals surface area contributed by atoms with Crippen LogP contribution in [0.5, 0.6) is 5.75 Å². The number of para-hydroxylation sites is 1. The molecular weight excluding hydrogens is 284 g/mol. The van der Waals surface area contributed by atoms with Gasteiger partial charge in [0.15, 0.2) is 5.16 Å². The van der Waals surface area contributed by atoms with E-state index in [4.69, 9.17) is 4.74 Å². The minimum Gasteiger partial charge on any atom is -0.494 e. The largest absolute Gasteiger partial charge is 0.494 e. The van der Waals surface area contributed by atoms with Crippen LogP contribution in [0.15, 0.2) is 35.7 Å². The summed E-state index contributed by atoms with van der Waals surface area (Å²) in [6.07, 6.45) is 1.72. The highest BCUT2D eigenvalue weighted by atomic mass is 32.2. The number of benzene rings is 1. The lowest BCUT2D eigenvalue weighted by Crippen LogP contribution is -2.23. The molecule has 6 heteroatoms. The van der Waals surface area contributed by atoms with E-state index in [9.17, 15) is 0 Å². The van der Waals surface area contributed by atoms with Crippen molar-refractivity contribution in [3.8, 4) is 5.75 Å². The Balaban J connectivity index is 2.13. The van der Waals surface area contributed by atoms with Crippen molar-refractivity contribution in [3.05, 3.63) is 36.2 Å². The molecule has 0 aliphatic carbocycles. The molecule has 0 bridgehead atoms. The lowest BCUT2D eigenvalue weighted by Gasteiger charge is -2.20. The zero-order valence-corrected chi connectivity index (χ0v) is 13.6. The van der Waals surface area contributed by atoms with Crippen molar-refractivity contribution in [1.82, 2.24) is 20.1 Å². The molecule has 1 aromatic heterocycles. The molecule has 1 heterocycles. The van der Waals surface area contributed by atoms with Crippen LogP contribution in [0, 0.1) is 0 Å². The monoisotopic (exact) mass is 306 g/mol. The van der Waals surface area contributed by atoms with E-state index in [1.807, 2.05) is 30.7 Å². The number of ether oxygens (including phenoxy) is 1. The fourth-order valence-electron chi connectivity index (χ4n) is 2.12. The molecule has 2 aromatic rings. The van der Waals surface area contributed by atoms with Crippen LogP contribution in [0.2, 0.25) is 0 Å². The number of aromatic nitrogens is 3. The van der Waals surface area contributed by atoms with Gasteiger partial charge in [0.1, 0.15) is 12.1 Å². The first-order valence-corrected chi connectivity index (χ1v) is 8.16. The van der Waals surface area contributed by atoms with Crippen LogP contribution in [-0.2, 0) is 7.05 Å². The molecule has 0 saturated carbocycles. The van der Waals surface area contributed by atoms with Crippen LogP contribution >= 0.6 is 11.8 Å². The Labute approximate surface area is 130 Å². The number of rotatable bonds is 8. The first kappa shape index (κ1) is 15.9. The van der Waals surface area contributed by atoms with Crippen molar-refractivity contribution in [3.63, 3.8) is 0 Å². The molecule has 5 nitrogen and oxygen atoms in total. The number of aryl methyl sites for hydroxylation is 1. The number of nitrogens with one attached hydrogen (secondary N) is 1. The summed E-state index contributed by atoms with van der Waals surface area (Å²) in [6.45, 7) is 5.70. The zero-order chi connectivity index (χ0) is 15.1. The van der Waals surface area contributed by atoms with Crippen molar-refractivity contribution in [2.45, 2.75) is 25.0 Å². The van der Waals surface area contributed by atoms with E-state index in [-0.39, 0.29) is 6.04 Å². The van der Waals surface area contributed by atoms with Gasteiger partial charge in [-0.2, -0.15) is 0 Å². The van der Waals surface area contributed by atoms with Gasteiger partial charge in [-0.1, -0.05) is 36.9 Å². The summed E-state index contributed by atoms with van der Waals surface area (Å²) in [5.41, 5.74) is 1.19. The summed E-state index contributed by atoms with van der Waals surface area (Å²) < 4.78 is 7.68. The van der Waals surface area contributed by atoms with Crippen LogP contribution in [0.3, 0.4) is 0 Å². The summed E-state index contributed by atoms with van der Waals surface area (Å²) in [5.74, 6) is 1.83. The van der Waals surface area contributed by atoms with Crippen molar-refractivity contribution >= 4 is 11.8 Å². The Bertz CT molecular complexity index is 558. The highest BCUT2D eigenvalue weighted by Gasteiger charge is 2.16. The van der Waals surface area contributed by atoms with Gasteiger partial charge in [0, 0.05) is 24.4 Å². The van der Waals surface area contributed by atoms with E-state index in [0.717, 1.165) is 23.2 Å². The van der Waals surface area contributed by atoms with Crippen LogP contribution in [0.25, 0.3) is 0 Å². The van der Waals surface area contributed by atoms with Gasteiger partial charge < -0.3 is 14.6 Å². The van der Waals surface area contributed by atoms with Gasteiger partial charge in [-0.3, -0.25) is 0 Å². The summed E-state index contributed by atoms with van der Waals surface area (Å²) in [7, 11) is 1.96. The lowest BCUT2D eigenvalue weighted by atomic mass is 10.1. The molecule has 1 aromatic carbocycles. The maximum atomic E-state index is 5.74. The quantitative estimate of drug-likeness (QED) is 0.760. The third kappa shape index (κ3) is 4.22. The minimum atomic E-state index is 0.222. The van der Waals surface area contributed by atoms with Gasteiger partial charge in [-0.25, -0.2) is 0 Å². The second-order valence-corrected chi connectivity index (χ2v) is 5.60. The average molecular weight is 306 g/mol. The Hall–Kier alpha value is -1.53. The molecule has 21 heavy (non-hydrogen) atoms. The summed E-state index contributed by atoms with van der Waals surface area (Å²) in [5, 5.41) is 12.5. The summed E-state index contributed by atoms with van der Waals surface area (Å²) in [6, 6.07) is 8.42. The van der Waals surface area contributed by atoms with Gasteiger partial charge in [-0.15, -0.1) is 10.2 Å². The van der Waals surface area contributed by atoms with Crippen LogP contribution in [-0.4, -0.2) is 33.7 Å². The molecule has 1 atom stereocenters. The van der Waals surface area contributed by atoms with Crippen molar-refractivity contribution in [2.24, 2.45) is 7.05 Å². The molecule has 0 fully saturated rings. The summed E-state index contributed by atoms with van der Waals surface area (Å²) in [4.78, 5) is 0. The fraction of sp³-hybridized carbons (Fsp3) is 0.467. The second-order valence-electron chi connectivity index (χ2n) is 4.62. The van der Waals surface area contributed by atoms with Gasteiger partial charge in [0.25, 0.3) is 0 Å². The van der Waals surface area contributed by atoms with E-state index in [1.165, 1.54) is 5.56 Å². The third-order valence-electron chi connectivity index (χ3n) is 3.09. The molecule has 0 radical (unpaired) electrons. The lowest BCUT2D eigenvalue weighted by molar-refractivity contribution is 0.333. The molecule has 1 N–H and O–H groups in total. The predicted molar refractivity (Wildman–Crippen MR) is 85.8 cm³/mol. The van der Waals surface area contributed by atoms with Crippen LogP contribution in [0.1, 0.15) is 25.5 Å². The van der Waals surface area contributed by atoms with Crippen molar-refractivity contribution < 1.29 is 4.74 Å². The Morgan fingerprint density at radius 3 is 2.81 bits per heavy atom. The molecule has 114 valence electrons. The number of thioether (sulfide) groups is 1. The van der Waals surface area contributed by atoms with Gasteiger partial charge in [0.2, 0.25) is 0 Å². The fourth-order valence-corrected chi connectivity index (χ4v) is 3.09. The van der Waals surface area contributed by atoms with Gasteiger partial charge >= 0.3 is 0 Å². The van der Waals surface area contributed by atoms with E-state index < -0.39 is 0 Å². The van der Waals surface area contributed by atoms with Gasteiger partial charge in [-0.05, 0) is 19.5 Å². The minimum absolute atomic E-state index is 0.222. The second kappa shape index (κ2) is 8.05. The molecule has 0 aliphatic heterocycles. The topological polar surface area (TPSA) is 52.0 Å². The number of nitrogens with zero attached hydrogens (tertiary/aromatic N) is 3. The van der Waals surface area contributed by atoms with Crippen molar-refractivity contribution in [2.75, 3.05) is 18.9 Å². The third-order valence-corrected chi connectivity index (χ3v) is 4.22. The zero-order valence-electron chi connectivity index (χ0n) is 12.7. The maximum absolute atomic E-state index is 5.74. The Morgan fingerprint density at radius 1 is 1.33 bits per heavy atom. The SMILES string of the molecule is CCNC(CSc1nncn1C)c1ccccc1OCC. The Kier molecular flexibility index (Phi) is 6.07. The number of hydrogen-bond acceptors (Lipinski definition) is 5. The van der Waals surface area contributed by atoms with E-state index in [1.54, 1.807) is 18.1 Å². The van der Waals surface area contributed by atoms with Gasteiger partial charge in [0.05, 0.1) is 6.61 Å². The highest BCUT2D eigenvalue weighted by Crippen LogP contribution is 2.29. The molecule has 0 amide bonds. The predicted octanol–water partition coefficient (Wildman–Crippen LogP) is 2.66. The first-order valence-electron chi connectivity index (χ1n) is 7.18. The maximum Gasteiger partial charge on any atom is 0.190 e. The van der Waals surface area contributed by atoms with E-state index in [0.29, 0.717) is 6.61 Å². The molecular formula is C15H22N4OS. The molecule has 0 aliphatic rings. The number of hydrogen-bond donors (Lipinski definition) is 1. The van der Waals surface area contributed by atoms with Crippen LogP contribution in [0.4, 0.5) is 0 Å².